The quantitative estimate of drug-likeness (QED) is 0.678. The number of aromatic nitrogens is 1. The predicted octanol–water partition coefficient (Wildman–Crippen LogP) is 1.19. The third kappa shape index (κ3) is 5.56. The minimum absolute atomic E-state index is 0.0778. The van der Waals surface area contributed by atoms with E-state index in [1.54, 1.807) is 0 Å². The van der Waals surface area contributed by atoms with Crippen LogP contribution in [-0.2, 0) is 11.2 Å². The Morgan fingerprint density at radius 3 is 2.88 bits per heavy atom. The van der Waals surface area contributed by atoms with Gasteiger partial charge in [-0.2, -0.15) is 0 Å². The Labute approximate surface area is 96.6 Å². The zero-order valence-corrected chi connectivity index (χ0v) is 10.0. The van der Waals surface area contributed by atoms with E-state index in [0.29, 0.717) is 19.4 Å². The van der Waals surface area contributed by atoms with Crippen molar-refractivity contribution in [1.82, 2.24) is 10.3 Å². The van der Waals surface area contributed by atoms with Gasteiger partial charge in [0.25, 0.3) is 0 Å². The number of H-pyrrole nitrogens is 1. The lowest BCUT2D eigenvalue weighted by Crippen LogP contribution is -2.34. The summed E-state index contributed by atoms with van der Waals surface area (Å²) in [7, 11) is 0. The van der Waals surface area contributed by atoms with Crippen LogP contribution < -0.4 is 11.1 Å². The van der Waals surface area contributed by atoms with Crippen molar-refractivity contribution in [3.05, 3.63) is 24.0 Å². The highest BCUT2D eigenvalue weighted by Gasteiger charge is 2.12. The Hall–Kier alpha value is -1.29. The van der Waals surface area contributed by atoms with Crippen LogP contribution >= 0.6 is 0 Å². The number of hydrogen-bond donors (Lipinski definition) is 3. The van der Waals surface area contributed by atoms with Crippen LogP contribution in [0.15, 0.2) is 18.5 Å². The van der Waals surface area contributed by atoms with E-state index >= 15 is 0 Å². The van der Waals surface area contributed by atoms with E-state index in [0.717, 1.165) is 6.42 Å². The summed E-state index contributed by atoms with van der Waals surface area (Å²) in [5, 5.41) is 2.89. The number of aromatic amines is 1. The topological polar surface area (TPSA) is 70.9 Å². The van der Waals surface area contributed by atoms with Crippen LogP contribution in [0.25, 0.3) is 0 Å². The average Bonchev–Trinajstić information content (AvgIpc) is 2.66. The normalized spacial score (nSPS) is 11.4. The minimum Gasteiger partial charge on any atom is -0.367 e. The molecule has 0 saturated carbocycles. The van der Waals surface area contributed by atoms with Gasteiger partial charge < -0.3 is 16.0 Å². The molecule has 1 rings (SSSR count). The maximum Gasteiger partial charge on any atom is 0.220 e. The third-order valence-corrected chi connectivity index (χ3v) is 2.39. The molecule has 0 fully saturated rings. The Morgan fingerprint density at radius 2 is 2.31 bits per heavy atom. The summed E-state index contributed by atoms with van der Waals surface area (Å²) in [5.41, 5.74) is 6.75. The van der Waals surface area contributed by atoms with Gasteiger partial charge in [0.1, 0.15) is 0 Å². The summed E-state index contributed by atoms with van der Waals surface area (Å²) in [4.78, 5) is 14.4. The first kappa shape index (κ1) is 12.8. The Balaban J connectivity index is 2.11. The molecule has 0 aromatic carbocycles. The summed E-state index contributed by atoms with van der Waals surface area (Å²) in [6.07, 6.45) is 5.89. The van der Waals surface area contributed by atoms with E-state index in [1.165, 1.54) is 5.56 Å². The summed E-state index contributed by atoms with van der Waals surface area (Å²) in [5.74, 6) is 0.0778. The van der Waals surface area contributed by atoms with E-state index in [2.05, 4.69) is 10.3 Å². The van der Waals surface area contributed by atoms with E-state index < -0.39 is 0 Å². The average molecular weight is 223 g/mol. The Bertz CT molecular complexity index is 312. The van der Waals surface area contributed by atoms with Crippen molar-refractivity contribution in [1.29, 1.82) is 0 Å². The first-order chi connectivity index (χ1) is 7.47. The number of nitrogens with one attached hydrogen (secondary N) is 2. The van der Waals surface area contributed by atoms with E-state index in [4.69, 9.17) is 5.73 Å². The lowest BCUT2D eigenvalue weighted by molar-refractivity contribution is -0.121. The molecule has 1 aromatic heterocycles. The van der Waals surface area contributed by atoms with Gasteiger partial charge in [-0.05, 0) is 38.3 Å². The highest BCUT2D eigenvalue weighted by Crippen LogP contribution is 2.06. The molecule has 0 saturated heterocycles. The number of carbonyl (C=O) groups excluding carboxylic acids is 1. The van der Waals surface area contributed by atoms with E-state index in [1.807, 2.05) is 32.3 Å². The number of hydrogen-bond acceptors (Lipinski definition) is 2. The largest absolute Gasteiger partial charge is 0.367 e. The molecule has 1 amide bonds. The van der Waals surface area contributed by atoms with Gasteiger partial charge in [-0.1, -0.05) is 0 Å². The highest BCUT2D eigenvalue weighted by molar-refractivity contribution is 5.75. The molecule has 1 aromatic rings. The molecule has 4 heteroatoms. The number of nitrogens with two attached hydrogens (primary N) is 1. The molecule has 4 nitrogen and oxygen atoms in total. The van der Waals surface area contributed by atoms with Crippen molar-refractivity contribution >= 4 is 5.91 Å². The van der Waals surface area contributed by atoms with Crippen LogP contribution in [0.1, 0.15) is 32.3 Å². The smallest absolute Gasteiger partial charge is 0.220 e. The van der Waals surface area contributed by atoms with Gasteiger partial charge >= 0.3 is 0 Å². The maximum absolute atomic E-state index is 11.4. The first-order valence-electron chi connectivity index (χ1n) is 5.65. The lowest BCUT2D eigenvalue weighted by Gasteiger charge is -2.17. The number of amides is 1. The van der Waals surface area contributed by atoms with Crippen molar-refractivity contribution in [3.8, 4) is 0 Å². The molecule has 0 bridgehead atoms. The van der Waals surface area contributed by atoms with Gasteiger partial charge in [0, 0.05) is 30.9 Å². The molecule has 4 N–H and O–H groups in total. The molecule has 0 aliphatic rings. The van der Waals surface area contributed by atoms with E-state index in [-0.39, 0.29) is 11.4 Å². The minimum atomic E-state index is -0.266. The monoisotopic (exact) mass is 223 g/mol. The highest BCUT2D eigenvalue weighted by atomic mass is 16.1. The second kappa shape index (κ2) is 5.70. The maximum atomic E-state index is 11.4. The third-order valence-electron chi connectivity index (χ3n) is 2.39. The van der Waals surface area contributed by atoms with Crippen LogP contribution in [0.5, 0.6) is 0 Å². The van der Waals surface area contributed by atoms with Gasteiger partial charge in [-0.25, -0.2) is 0 Å². The number of carbonyl (C=O) groups is 1. The second-order valence-electron chi connectivity index (χ2n) is 4.81. The SMILES string of the molecule is CC(C)(N)CCC(=O)NCCc1cc[nH]c1. The van der Waals surface area contributed by atoms with Crippen LogP contribution in [0.3, 0.4) is 0 Å². The summed E-state index contributed by atoms with van der Waals surface area (Å²) in [6, 6.07) is 2.01. The molecular weight excluding hydrogens is 202 g/mol. The molecule has 0 unspecified atom stereocenters. The van der Waals surface area contributed by atoms with Crippen molar-refractivity contribution < 1.29 is 4.79 Å². The summed E-state index contributed by atoms with van der Waals surface area (Å²) >= 11 is 0. The molecule has 16 heavy (non-hydrogen) atoms. The van der Waals surface area contributed by atoms with Gasteiger partial charge in [0.05, 0.1) is 0 Å². The molecule has 90 valence electrons. The van der Waals surface area contributed by atoms with Crippen molar-refractivity contribution in [2.24, 2.45) is 5.73 Å². The van der Waals surface area contributed by atoms with Crippen molar-refractivity contribution in [2.75, 3.05) is 6.54 Å². The van der Waals surface area contributed by atoms with Crippen molar-refractivity contribution in [2.45, 2.75) is 38.6 Å². The van der Waals surface area contributed by atoms with Gasteiger partial charge in [0.15, 0.2) is 0 Å². The van der Waals surface area contributed by atoms with Crippen LogP contribution in [0.2, 0.25) is 0 Å². The number of rotatable bonds is 6. The van der Waals surface area contributed by atoms with Gasteiger partial charge in [-0.3, -0.25) is 4.79 Å². The van der Waals surface area contributed by atoms with Crippen LogP contribution in [0.4, 0.5) is 0 Å². The second-order valence-corrected chi connectivity index (χ2v) is 4.81. The first-order valence-corrected chi connectivity index (χ1v) is 5.65. The zero-order valence-electron chi connectivity index (χ0n) is 10.0. The molecule has 0 spiro atoms. The van der Waals surface area contributed by atoms with Crippen LogP contribution in [0, 0.1) is 0 Å². The fourth-order valence-corrected chi connectivity index (χ4v) is 1.38. The molecule has 1 heterocycles. The molecule has 0 atom stereocenters. The molecule has 0 radical (unpaired) electrons. The molecule has 0 aliphatic heterocycles. The van der Waals surface area contributed by atoms with Crippen molar-refractivity contribution in [3.63, 3.8) is 0 Å². The van der Waals surface area contributed by atoms with E-state index in [9.17, 15) is 4.79 Å². The Morgan fingerprint density at radius 1 is 1.56 bits per heavy atom. The fourth-order valence-electron chi connectivity index (χ4n) is 1.38. The lowest BCUT2D eigenvalue weighted by atomic mass is 10.00. The molecular formula is C12H21N3O. The van der Waals surface area contributed by atoms with Gasteiger partial charge in [-0.15, -0.1) is 0 Å². The standard InChI is InChI=1S/C12H21N3O/c1-12(2,13)6-3-11(16)15-8-5-10-4-7-14-9-10/h4,7,9,14H,3,5-6,8,13H2,1-2H3,(H,15,16). The summed E-state index contributed by atoms with van der Waals surface area (Å²) < 4.78 is 0. The summed E-state index contributed by atoms with van der Waals surface area (Å²) in [6.45, 7) is 4.54. The Kier molecular flexibility index (Phi) is 4.55. The molecule has 0 aliphatic carbocycles. The van der Waals surface area contributed by atoms with Gasteiger partial charge in [0.2, 0.25) is 5.91 Å². The zero-order chi connectivity index (χ0) is 12.0. The van der Waals surface area contributed by atoms with Crippen LogP contribution in [-0.4, -0.2) is 23.0 Å². The fraction of sp³-hybridized carbons (Fsp3) is 0.583. The predicted molar refractivity (Wildman–Crippen MR) is 65.0 cm³/mol.